The summed E-state index contributed by atoms with van der Waals surface area (Å²) >= 11 is 5.09. The van der Waals surface area contributed by atoms with E-state index in [0.717, 1.165) is 10.8 Å². The monoisotopic (exact) mass is 415 g/mol. The van der Waals surface area contributed by atoms with Crippen molar-refractivity contribution in [3.63, 3.8) is 0 Å². The summed E-state index contributed by atoms with van der Waals surface area (Å²) < 4.78 is 2.71. The van der Waals surface area contributed by atoms with Crippen LogP contribution in [-0.2, 0) is 4.79 Å². The highest BCUT2D eigenvalue weighted by Gasteiger charge is 2.26. The second-order valence-electron chi connectivity index (χ2n) is 6.38. The molecule has 6 heteroatoms. The minimum atomic E-state index is 0.192. The van der Waals surface area contributed by atoms with Gasteiger partial charge in [-0.3, -0.25) is 9.36 Å². The molecule has 1 heterocycles. The predicted molar refractivity (Wildman–Crippen MR) is 105 cm³/mol. The maximum atomic E-state index is 11.2. The van der Waals surface area contributed by atoms with Crippen molar-refractivity contribution in [1.82, 2.24) is 14.8 Å². The van der Waals surface area contributed by atoms with Gasteiger partial charge in [-0.25, -0.2) is 0 Å². The van der Waals surface area contributed by atoms with Crippen molar-refractivity contribution in [2.24, 2.45) is 0 Å². The van der Waals surface area contributed by atoms with E-state index in [1.165, 1.54) is 29.2 Å². The van der Waals surface area contributed by atoms with Crippen LogP contribution in [0.2, 0.25) is 0 Å². The molecule has 4 nitrogen and oxygen atoms in total. The van der Waals surface area contributed by atoms with Gasteiger partial charge in [0.2, 0.25) is 4.73 Å². The van der Waals surface area contributed by atoms with Gasteiger partial charge in [0.05, 0.1) is 5.69 Å². The highest BCUT2D eigenvalue weighted by atomic mass is 79.9. The van der Waals surface area contributed by atoms with E-state index in [4.69, 9.17) is 0 Å². The molecule has 0 spiro atoms. The summed E-state index contributed by atoms with van der Waals surface area (Å²) in [5.74, 6) is 1.60. The number of ketones is 1. The number of rotatable bonds is 6. The molecular weight excluding hydrogens is 398 g/mol. The molecule has 0 amide bonds. The molecule has 1 aromatic heterocycles. The van der Waals surface area contributed by atoms with Crippen molar-refractivity contribution in [3.05, 3.63) is 46.7 Å². The maximum Gasteiger partial charge on any atom is 0.205 e. The summed E-state index contributed by atoms with van der Waals surface area (Å²) in [4.78, 5) is 11.2. The number of halogens is 1. The lowest BCUT2D eigenvalue weighted by molar-refractivity contribution is -0.116. The number of carbonyl (C=O) groups is 1. The second kappa shape index (κ2) is 6.92. The summed E-state index contributed by atoms with van der Waals surface area (Å²) in [6.07, 6.45) is 3.11. The summed E-state index contributed by atoms with van der Waals surface area (Å²) in [5, 5.41) is 11.8. The number of nitrogens with zero attached hydrogens (tertiary/aromatic N) is 3. The molecule has 0 unspecified atom stereocenters. The Kier molecular flexibility index (Phi) is 4.65. The summed E-state index contributed by atoms with van der Waals surface area (Å²) in [7, 11) is 0. The van der Waals surface area contributed by atoms with Gasteiger partial charge in [-0.05, 0) is 58.6 Å². The standard InChI is InChI=1S/C19H18BrN3OS/c1-12(24)10-11-25-19-22-21-18(20)23(19)17-9-8-14(13-6-7-13)15-4-2-3-5-16(15)17/h2-5,8-9,13H,6-7,10-11H2,1H3. The summed E-state index contributed by atoms with van der Waals surface area (Å²) in [6, 6.07) is 12.9. The second-order valence-corrected chi connectivity index (χ2v) is 8.15. The molecule has 1 fully saturated rings. The van der Waals surface area contributed by atoms with Gasteiger partial charge in [0.1, 0.15) is 5.78 Å². The highest BCUT2D eigenvalue weighted by Crippen LogP contribution is 2.44. The number of hydrogen-bond donors (Lipinski definition) is 0. The van der Waals surface area contributed by atoms with Gasteiger partial charge in [-0.1, -0.05) is 42.1 Å². The first-order chi connectivity index (χ1) is 12.1. The Labute approximate surface area is 159 Å². The quantitative estimate of drug-likeness (QED) is 0.523. The molecule has 1 aliphatic carbocycles. The molecule has 1 aliphatic rings. The first-order valence-electron chi connectivity index (χ1n) is 8.40. The third kappa shape index (κ3) is 3.37. The topological polar surface area (TPSA) is 47.8 Å². The van der Waals surface area contributed by atoms with E-state index in [2.05, 4.69) is 62.5 Å². The van der Waals surface area contributed by atoms with E-state index < -0.39 is 0 Å². The van der Waals surface area contributed by atoms with Crippen molar-refractivity contribution in [2.75, 3.05) is 5.75 Å². The summed E-state index contributed by atoms with van der Waals surface area (Å²) in [5.41, 5.74) is 2.51. The average molecular weight is 416 g/mol. The Hall–Kier alpha value is -1.66. The van der Waals surface area contributed by atoms with E-state index in [-0.39, 0.29) is 5.78 Å². The first-order valence-corrected chi connectivity index (χ1v) is 10.2. The van der Waals surface area contributed by atoms with Crippen LogP contribution in [0, 0.1) is 0 Å². The zero-order chi connectivity index (χ0) is 17.4. The van der Waals surface area contributed by atoms with Gasteiger partial charge in [0.25, 0.3) is 0 Å². The molecule has 25 heavy (non-hydrogen) atoms. The van der Waals surface area contributed by atoms with E-state index in [0.29, 0.717) is 22.8 Å². The van der Waals surface area contributed by atoms with Crippen molar-refractivity contribution < 1.29 is 4.79 Å². The molecule has 128 valence electrons. The van der Waals surface area contributed by atoms with Gasteiger partial charge in [-0.15, -0.1) is 10.2 Å². The molecule has 0 aliphatic heterocycles. The van der Waals surface area contributed by atoms with Gasteiger partial charge in [-0.2, -0.15) is 0 Å². The normalized spacial score (nSPS) is 14.2. The van der Waals surface area contributed by atoms with Crippen LogP contribution in [0.4, 0.5) is 0 Å². The molecule has 0 saturated heterocycles. The Morgan fingerprint density at radius 1 is 1.20 bits per heavy atom. The van der Waals surface area contributed by atoms with Crippen molar-refractivity contribution >= 4 is 44.2 Å². The fourth-order valence-corrected chi connectivity index (χ4v) is 4.63. The maximum absolute atomic E-state index is 11.2. The minimum Gasteiger partial charge on any atom is -0.300 e. The number of thioether (sulfide) groups is 1. The van der Waals surface area contributed by atoms with E-state index in [9.17, 15) is 4.79 Å². The molecule has 2 aromatic carbocycles. The average Bonchev–Trinajstić information content (AvgIpc) is 3.38. The largest absolute Gasteiger partial charge is 0.300 e. The Balaban J connectivity index is 1.79. The fraction of sp³-hybridized carbons (Fsp3) is 0.316. The van der Waals surface area contributed by atoms with Crippen LogP contribution in [0.25, 0.3) is 16.5 Å². The van der Waals surface area contributed by atoms with E-state index in [1.54, 1.807) is 18.7 Å². The van der Waals surface area contributed by atoms with Gasteiger partial charge >= 0.3 is 0 Å². The molecule has 0 radical (unpaired) electrons. The Bertz CT molecular complexity index is 949. The lowest BCUT2D eigenvalue weighted by Gasteiger charge is -2.13. The number of carbonyl (C=O) groups excluding carboxylic acids is 1. The van der Waals surface area contributed by atoms with Gasteiger partial charge in [0.15, 0.2) is 5.16 Å². The van der Waals surface area contributed by atoms with Crippen molar-refractivity contribution in [3.8, 4) is 5.69 Å². The van der Waals surface area contributed by atoms with Crippen molar-refractivity contribution in [1.29, 1.82) is 0 Å². The Morgan fingerprint density at radius 3 is 2.68 bits per heavy atom. The van der Waals surface area contributed by atoms with Crippen LogP contribution in [-0.4, -0.2) is 26.3 Å². The van der Waals surface area contributed by atoms with Crippen LogP contribution in [0.15, 0.2) is 46.3 Å². The predicted octanol–water partition coefficient (Wildman–Crippen LogP) is 5.13. The number of fused-ring (bicyclic) bond motifs is 1. The smallest absolute Gasteiger partial charge is 0.205 e. The van der Waals surface area contributed by atoms with Gasteiger partial charge < -0.3 is 0 Å². The molecule has 1 saturated carbocycles. The number of benzene rings is 2. The van der Waals surface area contributed by atoms with Crippen LogP contribution < -0.4 is 0 Å². The molecule has 4 rings (SSSR count). The molecule has 0 N–H and O–H groups in total. The van der Waals surface area contributed by atoms with E-state index in [1.807, 2.05) is 4.57 Å². The molecular formula is C19H18BrN3OS. The third-order valence-corrected chi connectivity index (χ3v) is 5.92. The van der Waals surface area contributed by atoms with Crippen molar-refractivity contribution in [2.45, 2.75) is 37.3 Å². The lowest BCUT2D eigenvalue weighted by Crippen LogP contribution is -2.01. The minimum absolute atomic E-state index is 0.192. The first kappa shape index (κ1) is 16.8. The molecule has 0 atom stereocenters. The van der Waals surface area contributed by atoms with E-state index >= 15 is 0 Å². The zero-order valence-corrected chi connectivity index (χ0v) is 16.3. The molecule has 0 bridgehead atoms. The number of Topliss-reactive ketones (excluding diaryl/α,β-unsaturated/α-hetero) is 1. The summed E-state index contributed by atoms with van der Waals surface area (Å²) in [6.45, 7) is 1.62. The van der Waals surface area contributed by atoms with Crippen LogP contribution >= 0.6 is 27.7 Å². The fourth-order valence-electron chi connectivity index (χ4n) is 3.09. The highest BCUT2D eigenvalue weighted by molar-refractivity contribution is 9.10. The van der Waals surface area contributed by atoms with Crippen LogP contribution in [0.1, 0.15) is 37.7 Å². The molecule has 3 aromatic rings. The number of aromatic nitrogens is 3. The number of hydrogen-bond acceptors (Lipinski definition) is 4. The SMILES string of the molecule is CC(=O)CCSc1nnc(Br)n1-c1ccc(C2CC2)c2ccccc12. The van der Waals surface area contributed by atoms with Crippen LogP contribution in [0.5, 0.6) is 0 Å². The van der Waals surface area contributed by atoms with Gasteiger partial charge in [0, 0.05) is 17.6 Å². The zero-order valence-electron chi connectivity index (χ0n) is 13.9. The lowest BCUT2D eigenvalue weighted by atomic mass is 9.99. The Morgan fingerprint density at radius 2 is 1.96 bits per heavy atom. The third-order valence-electron chi connectivity index (χ3n) is 4.47. The van der Waals surface area contributed by atoms with Crippen LogP contribution in [0.3, 0.4) is 0 Å².